The van der Waals surface area contributed by atoms with Crippen molar-refractivity contribution in [3.63, 3.8) is 0 Å². The molecule has 3 aromatic rings. The average Bonchev–Trinajstić information content (AvgIpc) is 2.91. The van der Waals surface area contributed by atoms with Crippen molar-refractivity contribution in [1.29, 1.82) is 0 Å². The Morgan fingerprint density at radius 1 is 1.03 bits per heavy atom. The van der Waals surface area contributed by atoms with Crippen LogP contribution in [-0.2, 0) is 22.4 Å². The van der Waals surface area contributed by atoms with Crippen LogP contribution in [0.2, 0.25) is 10.0 Å². The molecule has 1 aliphatic rings. The van der Waals surface area contributed by atoms with Gasteiger partial charge in [0.15, 0.2) is 0 Å². The van der Waals surface area contributed by atoms with Crippen LogP contribution >= 0.6 is 23.2 Å². The highest BCUT2D eigenvalue weighted by Crippen LogP contribution is 2.28. The van der Waals surface area contributed by atoms with Crippen LogP contribution < -0.4 is 15.5 Å². The van der Waals surface area contributed by atoms with Crippen LogP contribution in [0.1, 0.15) is 35.5 Å². The molecule has 0 aliphatic carbocycles. The second-order valence-corrected chi connectivity index (χ2v) is 9.57. The first kappa shape index (κ1) is 29.3. The minimum Gasteiger partial charge on any atom is -0.467 e. The van der Waals surface area contributed by atoms with Gasteiger partial charge in [-0.25, -0.2) is 9.78 Å². The Labute approximate surface area is 234 Å². The number of hydrogen-bond donors (Lipinski definition) is 2. The molecule has 202 valence electrons. The molecule has 1 saturated heterocycles. The third-order valence-corrected chi connectivity index (χ3v) is 6.87. The number of rotatable bonds is 9. The number of aromatic nitrogens is 1. The number of methoxy groups -OCH3 is 1. The van der Waals surface area contributed by atoms with Gasteiger partial charge in [0.25, 0.3) is 5.91 Å². The zero-order valence-electron chi connectivity index (χ0n) is 22.1. The highest BCUT2D eigenvalue weighted by atomic mass is 35.5. The molecule has 0 bridgehead atoms. The van der Waals surface area contributed by atoms with E-state index in [1.807, 2.05) is 57.3 Å². The molecular weight excluding hydrogens is 523 g/mol. The van der Waals surface area contributed by atoms with Gasteiger partial charge in [0.05, 0.1) is 22.7 Å². The third kappa shape index (κ3) is 7.39. The fourth-order valence-electron chi connectivity index (χ4n) is 4.30. The third-order valence-electron chi connectivity index (χ3n) is 6.24. The van der Waals surface area contributed by atoms with Crippen LogP contribution in [-0.4, -0.2) is 50.1 Å². The molecule has 1 aliphatic heterocycles. The summed E-state index contributed by atoms with van der Waals surface area (Å²) in [5.41, 5.74) is 3.24. The van der Waals surface area contributed by atoms with E-state index in [2.05, 4.69) is 26.6 Å². The molecule has 1 aromatic heterocycles. The van der Waals surface area contributed by atoms with Crippen molar-refractivity contribution in [2.45, 2.75) is 32.7 Å². The Bertz CT molecular complexity index is 1210. The topological polar surface area (TPSA) is 83.6 Å². The average molecular weight is 558 g/mol. The number of nitrogens with zero attached hydrogens (tertiary/aromatic N) is 2. The van der Waals surface area contributed by atoms with Gasteiger partial charge in [0.2, 0.25) is 0 Å². The summed E-state index contributed by atoms with van der Waals surface area (Å²) in [6.45, 7) is 5.93. The smallest absolute Gasteiger partial charge is 0.328 e. The fraction of sp³-hybridized carbons (Fsp3) is 0.345. The first-order chi connectivity index (χ1) is 18.4. The molecule has 2 N–H and O–H groups in total. The molecule has 2 heterocycles. The number of halogens is 2. The van der Waals surface area contributed by atoms with E-state index >= 15 is 0 Å². The van der Waals surface area contributed by atoms with Crippen LogP contribution in [0.25, 0.3) is 0 Å². The zero-order chi connectivity index (χ0) is 27.7. The van der Waals surface area contributed by atoms with Crippen molar-refractivity contribution in [3.8, 4) is 0 Å². The molecule has 7 nitrogen and oxygen atoms in total. The van der Waals surface area contributed by atoms with Crippen molar-refractivity contribution >= 4 is 46.6 Å². The number of anilines is 2. The van der Waals surface area contributed by atoms with E-state index in [0.717, 1.165) is 42.3 Å². The number of benzene rings is 2. The summed E-state index contributed by atoms with van der Waals surface area (Å²) in [6, 6.07) is 18.0. The monoisotopic (exact) mass is 556 g/mol. The summed E-state index contributed by atoms with van der Waals surface area (Å²) < 4.78 is 4.91. The van der Waals surface area contributed by atoms with Crippen LogP contribution in [0.3, 0.4) is 0 Å². The molecule has 38 heavy (non-hydrogen) atoms. The summed E-state index contributed by atoms with van der Waals surface area (Å²) in [7, 11) is 3.16. The highest BCUT2D eigenvalue weighted by Gasteiger charge is 2.28. The van der Waals surface area contributed by atoms with E-state index in [-0.39, 0.29) is 22.0 Å². The van der Waals surface area contributed by atoms with E-state index < -0.39 is 17.9 Å². The zero-order valence-corrected chi connectivity index (χ0v) is 23.6. The SMILES string of the molecule is CC.CNc1cccc(CC2CN(c3ccc(CC(NC(=O)c4c(Cl)cccc4Cl)C(=O)OC)cc3)C2)n1. The van der Waals surface area contributed by atoms with Crippen LogP contribution in [0.5, 0.6) is 0 Å². The van der Waals surface area contributed by atoms with Gasteiger partial charge in [-0.3, -0.25) is 4.79 Å². The van der Waals surface area contributed by atoms with Crippen molar-refractivity contribution in [2.24, 2.45) is 5.92 Å². The van der Waals surface area contributed by atoms with Crippen LogP contribution in [0, 0.1) is 5.92 Å². The molecule has 2 aromatic carbocycles. The number of hydrogen-bond acceptors (Lipinski definition) is 6. The van der Waals surface area contributed by atoms with Crippen molar-refractivity contribution < 1.29 is 14.3 Å². The molecule has 0 spiro atoms. The summed E-state index contributed by atoms with van der Waals surface area (Å²) in [6.07, 6.45) is 1.22. The minimum atomic E-state index is -0.880. The van der Waals surface area contributed by atoms with Gasteiger partial charge in [0.1, 0.15) is 11.9 Å². The minimum absolute atomic E-state index is 0.130. The lowest BCUT2D eigenvalue weighted by Crippen LogP contribution is -2.47. The van der Waals surface area contributed by atoms with Gasteiger partial charge in [0, 0.05) is 37.9 Å². The number of ether oxygens (including phenoxy) is 1. The van der Waals surface area contributed by atoms with Gasteiger partial charge in [-0.15, -0.1) is 0 Å². The Balaban J connectivity index is 0.00000195. The molecule has 1 fully saturated rings. The maximum Gasteiger partial charge on any atom is 0.328 e. The van der Waals surface area contributed by atoms with Gasteiger partial charge in [-0.2, -0.15) is 0 Å². The highest BCUT2D eigenvalue weighted by molar-refractivity contribution is 6.39. The Morgan fingerprint density at radius 3 is 2.26 bits per heavy atom. The second-order valence-electron chi connectivity index (χ2n) is 8.76. The molecule has 0 saturated carbocycles. The molecule has 1 amide bonds. The molecule has 1 unspecified atom stereocenters. The summed E-state index contributed by atoms with van der Waals surface area (Å²) >= 11 is 12.3. The predicted octanol–water partition coefficient (Wildman–Crippen LogP) is 5.65. The first-order valence-corrected chi connectivity index (χ1v) is 13.4. The van der Waals surface area contributed by atoms with E-state index in [9.17, 15) is 9.59 Å². The van der Waals surface area contributed by atoms with Gasteiger partial charge in [-0.05, 0) is 54.3 Å². The number of nitrogens with one attached hydrogen (secondary N) is 2. The molecule has 0 radical (unpaired) electrons. The summed E-state index contributed by atoms with van der Waals surface area (Å²) in [4.78, 5) is 32.1. The standard InChI is InChI=1S/C27H28Cl2N4O3.C2H6/c1-30-24-8-3-5-19(31-24)13-18-15-33(16-18)20-11-9-17(10-12-20)14-23(27(35)36-2)32-26(34)25-21(28)6-4-7-22(25)29;1-2/h3-12,18,23H,13-16H2,1-2H3,(H,30,31)(H,32,34);1-2H3. The summed E-state index contributed by atoms with van der Waals surface area (Å²) in [5.74, 6) is 0.367. The quantitative estimate of drug-likeness (QED) is 0.331. The maximum atomic E-state index is 12.8. The van der Waals surface area contributed by atoms with Crippen molar-refractivity contribution in [1.82, 2.24) is 10.3 Å². The van der Waals surface area contributed by atoms with Gasteiger partial charge in [-0.1, -0.05) is 61.3 Å². The number of carbonyl (C=O) groups is 2. The lowest BCUT2D eigenvalue weighted by molar-refractivity contribution is -0.142. The van der Waals surface area contributed by atoms with Gasteiger partial charge < -0.3 is 20.3 Å². The van der Waals surface area contributed by atoms with E-state index in [4.69, 9.17) is 27.9 Å². The number of pyridine rings is 1. The van der Waals surface area contributed by atoms with E-state index in [1.54, 1.807) is 18.2 Å². The Morgan fingerprint density at radius 2 is 1.66 bits per heavy atom. The van der Waals surface area contributed by atoms with Crippen LogP contribution in [0.15, 0.2) is 60.7 Å². The van der Waals surface area contributed by atoms with E-state index in [0.29, 0.717) is 5.92 Å². The molecular formula is C29H34Cl2N4O3. The molecule has 4 rings (SSSR count). The Hall–Kier alpha value is -3.29. The lowest BCUT2D eigenvalue weighted by Gasteiger charge is -2.41. The van der Waals surface area contributed by atoms with Crippen molar-refractivity contribution in [2.75, 3.05) is 37.5 Å². The Kier molecular flexibility index (Phi) is 10.8. The van der Waals surface area contributed by atoms with Crippen molar-refractivity contribution in [3.05, 3.63) is 87.5 Å². The lowest BCUT2D eigenvalue weighted by atomic mass is 9.93. The summed E-state index contributed by atoms with van der Waals surface area (Å²) in [5, 5.41) is 6.21. The number of esters is 1. The predicted molar refractivity (Wildman–Crippen MR) is 154 cm³/mol. The fourth-order valence-corrected chi connectivity index (χ4v) is 4.87. The second kappa shape index (κ2) is 14.0. The largest absolute Gasteiger partial charge is 0.467 e. The number of carbonyl (C=O) groups excluding carboxylic acids is 2. The normalized spacial score (nSPS) is 13.5. The van der Waals surface area contributed by atoms with Crippen LogP contribution in [0.4, 0.5) is 11.5 Å². The maximum absolute atomic E-state index is 12.8. The molecule has 1 atom stereocenters. The van der Waals surface area contributed by atoms with Gasteiger partial charge >= 0.3 is 5.97 Å². The van der Waals surface area contributed by atoms with E-state index in [1.165, 1.54) is 7.11 Å². The first-order valence-electron chi connectivity index (χ1n) is 12.7. The number of amides is 1. The molecule has 9 heteroatoms.